The molecule has 2 aromatic rings. The molecule has 0 atom stereocenters. The summed E-state index contributed by atoms with van der Waals surface area (Å²) < 4.78 is 2.12. The largest absolute Gasteiger partial charge is 0.327 e. The van der Waals surface area contributed by atoms with Crippen molar-refractivity contribution in [3.63, 3.8) is 0 Å². The van der Waals surface area contributed by atoms with Crippen molar-refractivity contribution in [1.82, 2.24) is 9.55 Å². The van der Waals surface area contributed by atoms with Gasteiger partial charge in [0.1, 0.15) is 5.82 Å². The standard InChI is InChI=1S/C12H13Cl3N2/c1-2-3-4-17-11-6-9(15)8(14)5-10(11)16-12(17)7-13/h5-6H,2-4,7H2,1H3. The number of rotatable bonds is 4. The van der Waals surface area contributed by atoms with E-state index in [-0.39, 0.29) is 0 Å². The Morgan fingerprint density at radius 3 is 2.59 bits per heavy atom. The SMILES string of the molecule is CCCCn1c(CCl)nc2cc(Cl)c(Cl)cc21. The molecule has 92 valence electrons. The first-order valence-corrected chi connectivity index (χ1v) is 6.86. The number of alkyl halides is 1. The van der Waals surface area contributed by atoms with Gasteiger partial charge in [0.15, 0.2) is 0 Å². The second-order valence-electron chi connectivity index (χ2n) is 3.92. The van der Waals surface area contributed by atoms with E-state index in [1.54, 1.807) is 6.07 Å². The first-order chi connectivity index (χ1) is 8.17. The molecule has 1 aromatic carbocycles. The summed E-state index contributed by atoms with van der Waals surface area (Å²) in [5.74, 6) is 1.27. The van der Waals surface area contributed by atoms with Gasteiger partial charge in [0, 0.05) is 6.54 Å². The van der Waals surface area contributed by atoms with Gasteiger partial charge in [-0.25, -0.2) is 4.98 Å². The van der Waals surface area contributed by atoms with Crippen LogP contribution in [0.2, 0.25) is 10.0 Å². The van der Waals surface area contributed by atoms with Gasteiger partial charge in [-0.3, -0.25) is 0 Å². The van der Waals surface area contributed by atoms with E-state index in [1.165, 1.54) is 0 Å². The lowest BCUT2D eigenvalue weighted by Gasteiger charge is -2.06. The third-order valence-electron chi connectivity index (χ3n) is 2.72. The topological polar surface area (TPSA) is 17.8 Å². The molecule has 0 saturated heterocycles. The van der Waals surface area contributed by atoms with E-state index < -0.39 is 0 Å². The minimum atomic E-state index is 0.396. The predicted octanol–water partition coefficient (Wildman–Crippen LogP) is 4.88. The molecule has 17 heavy (non-hydrogen) atoms. The van der Waals surface area contributed by atoms with Crippen LogP contribution in [-0.4, -0.2) is 9.55 Å². The van der Waals surface area contributed by atoms with Crippen LogP contribution in [-0.2, 0) is 12.4 Å². The van der Waals surface area contributed by atoms with E-state index in [2.05, 4.69) is 16.5 Å². The number of fused-ring (bicyclic) bond motifs is 1. The van der Waals surface area contributed by atoms with E-state index in [4.69, 9.17) is 34.8 Å². The summed E-state index contributed by atoms with van der Waals surface area (Å²) in [6, 6.07) is 3.65. The molecule has 0 aliphatic rings. The van der Waals surface area contributed by atoms with Crippen molar-refractivity contribution in [3.8, 4) is 0 Å². The number of imidazole rings is 1. The number of halogens is 3. The summed E-state index contributed by atoms with van der Waals surface area (Å²) in [7, 11) is 0. The maximum Gasteiger partial charge on any atom is 0.124 e. The summed E-state index contributed by atoms with van der Waals surface area (Å²) in [5.41, 5.74) is 1.86. The average Bonchev–Trinajstić information content (AvgIpc) is 2.64. The fraction of sp³-hybridized carbons (Fsp3) is 0.417. The number of benzene rings is 1. The quantitative estimate of drug-likeness (QED) is 0.734. The molecule has 0 N–H and O–H groups in total. The molecule has 2 rings (SSSR count). The second-order valence-corrected chi connectivity index (χ2v) is 5.00. The van der Waals surface area contributed by atoms with Crippen molar-refractivity contribution in [1.29, 1.82) is 0 Å². The van der Waals surface area contributed by atoms with Crippen LogP contribution in [0, 0.1) is 0 Å². The Morgan fingerprint density at radius 2 is 1.94 bits per heavy atom. The summed E-state index contributed by atoms with van der Waals surface area (Å²) in [6.07, 6.45) is 2.22. The minimum Gasteiger partial charge on any atom is -0.327 e. The van der Waals surface area contributed by atoms with Crippen molar-refractivity contribution in [3.05, 3.63) is 28.0 Å². The summed E-state index contributed by atoms with van der Waals surface area (Å²) >= 11 is 17.9. The fourth-order valence-electron chi connectivity index (χ4n) is 1.84. The van der Waals surface area contributed by atoms with Crippen LogP contribution in [0.5, 0.6) is 0 Å². The molecule has 5 heteroatoms. The Morgan fingerprint density at radius 1 is 1.24 bits per heavy atom. The van der Waals surface area contributed by atoms with Crippen molar-refractivity contribution < 1.29 is 0 Å². The number of aryl methyl sites for hydroxylation is 1. The van der Waals surface area contributed by atoms with Gasteiger partial charge in [0.05, 0.1) is 27.0 Å². The lowest BCUT2D eigenvalue weighted by atomic mass is 10.3. The zero-order chi connectivity index (χ0) is 12.4. The normalized spacial score (nSPS) is 11.3. The highest BCUT2D eigenvalue weighted by Crippen LogP contribution is 2.28. The minimum absolute atomic E-state index is 0.396. The molecule has 0 amide bonds. The van der Waals surface area contributed by atoms with Crippen LogP contribution in [0.3, 0.4) is 0 Å². The van der Waals surface area contributed by atoms with Crippen LogP contribution in [0.25, 0.3) is 11.0 Å². The number of unbranched alkanes of at least 4 members (excludes halogenated alkanes) is 1. The summed E-state index contributed by atoms with van der Waals surface area (Å²) in [5, 5.41) is 1.08. The summed E-state index contributed by atoms with van der Waals surface area (Å²) in [6.45, 7) is 3.07. The Labute approximate surface area is 115 Å². The van der Waals surface area contributed by atoms with E-state index in [0.29, 0.717) is 15.9 Å². The first kappa shape index (κ1) is 13.0. The third-order valence-corrected chi connectivity index (χ3v) is 3.69. The molecule has 2 nitrogen and oxygen atoms in total. The number of hydrogen-bond donors (Lipinski definition) is 0. The number of nitrogens with zero attached hydrogens (tertiary/aromatic N) is 2. The van der Waals surface area contributed by atoms with E-state index >= 15 is 0 Å². The van der Waals surface area contributed by atoms with Gasteiger partial charge in [0.25, 0.3) is 0 Å². The first-order valence-electron chi connectivity index (χ1n) is 5.57. The van der Waals surface area contributed by atoms with Gasteiger partial charge in [-0.2, -0.15) is 0 Å². The highest BCUT2D eigenvalue weighted by Gasteiger charge is 2.11. The maximum absolute atomic E-state index is 6.04. The smallest absolute Gasteiger partial charge is 0.124 e. The van der Waals surface area contributed by atoms with Crippen LogP contribution in [0.4, 0.5) is 0 Å². The molecule has 0 radical (unpaired) electrons. The average molecular weight is 292 g/mol. The highest BCUT2D eigenvalue weighted by atomic mass is 35.5. The van der Waals surface area contributed by atoms with Gasteiger partial charge in [-0.05, 0) is 18.6 Å². The molecule has 0 aliphatic carbocycles. The molecule has 1 heterocycles. The van der Waals surface area contributed by atoms with Crippen LogP contribution in [0.15, 0.2) is 12.1 Å². The molecular weight excluding hydrogens is 279 g/mol. The Bertz CT molecular complexity index is 534. The Hall–Kier alpha value is -0.440. The molecule has 0 fully saturated rings. The predicted molar refractivity (Wildman–Crippen MR) is 74.2 cm³/mol. The lowest BCUT2D eigenvalue weighted by molar-refractivity contribution is 0.628. The third kappa shape index (κ3) is 2.54. The van der Waals surface area contributed by atoms with Crippen LogP contribution in [0.1, 0.15) is 25.6 Å². The van der Waals surface area contributed by atoms with Crippen molar-refractivity contribution >= 4 is 45.8 Å². The van der Waals surface area contributed by atoms with Gasteiger partial charge < -0.3 is 4.57 Å². The maximum atomic E-state index is 6.04. The summed E-state index contributed by atoms with van der Waals surface area (Å²) in [4.78, 5) is 4.47. The van der Waals surface area contributed by atoms with E-state index in [1.807, 2.05) is 6.07 Å². The fourth-order valence-corrected chi connectivity index (χ4v) is 2.36. The number of hydrogen-bond acceptors (Lipinski definition) is 1. The van der Waals surface area contributed by atoms with E-state index in [0.717, 1.165) is 36.2 Å². The van der Waals surface area contributed by atoms with Crippen molar-refractivity contribution in [2.24, 2.45) is 0 Å². The molecule has 0 unspecified atom stereocenters. The van der Waals surface area contributed by atoms with Crippen LogP contribution < -0.4 is 0 Å². The van der Waals surface area contributed by atoms with Gasteiger partial charge in [0.2, 0.25) is 0 Å². The molecule has 0 aliphatic heterocycles. The lowest BCUT2D eigenvalue weighted by Crippen LogP contribution is -2.02. The highest BCUT2D eigenvalue weighted by molar-refractivity contribution is 6.42. The zero-order valence-electron chi connectivity index (χ0n) is 9.51. The van der Waals surface area contributed by atoms with Gasteiger partial charge in [-0.1, -0.05) is 36.5 Å². The van der Waals surface area contributed by atoms with Crippen molar-refractivity contribution in [2.45, 2.75) is 32.2 Å². The Kier molecular flexibility index (Phi) is 4.18. The molecular formula is C12H13Cl3N2. The second kappa shape index (κ2) is 5.47. The molecule has 0 spiro atoms. The van der Waals surface area contributed by atoms with Gasteiger partial charge in [-0.15, -0.1) is 11.6 Å². The molecule has 0 saturated carbocycles. The molecule has 1 aromatic heterocycles. The van der Waals surface area contributed by atoms with Gasteiger partial charge >= 0.3 is 0 Å². The monoisotopic (exact) mass is 290 g/mol. The Balaban J connectivity index is 2.57. The molecule has 0 bridgehead atoms. The van der Waals surface area contributed by atoms with E-state index in [9.17, 15) is 0 Å². The van der Waals surface area contributed by atoms with Crippen LogP contribution >= 0.6 is 34.8 Å². The number of aromatic nitrogens is 2. The zero-order valence-corrected chi connectivity index (χ0v) is 11.8. The van der Waals surface area contributed by atoms with Crippen molar-refractivity contribution in [2.75, 3.05) is 0 Å².